The highest BCUT2D eigenvalue weighted by Crippen LogP contribution is 2.20. The molecule has 7 nitrogen and oxygen atoms in total. The molecule has 1 heterocycles. The second-order valence-electron chi connectivity index (χ2n) is 7.09. The minimum atomic E-state index is -0.218. The molecule has 2 aromatic rings. The Kier molecular flexibility index (Phi) is 7.68. The zero-order valence-corrected chi connectivity index (χ0v) is 17.6. The van der Waals surface area contributed by atoms with E-state index in [9.17, 15) is 9.59 Å². The number of likely N-dealkylation sites (N-methyl/N-ethyl adjacent to an activating group) is 1. The number of methoxy groups -OCH3 is 1. The molecule has 1 aliphatic rings. The molecule has 2 amide bonds. The van der Waals surface area contributed by atoms with Crippen LogP contribution in [0, 0.1) is 0 Å². The number of carbonyl (C=O) groups is 2. The van der Waals surface area contributed by atoms with Crippen LogP contribution in [0.3, 0.4) is 0 Å². The van der Waals surface area contributed by atoms with Gasteiger partial charge in [0.1, 0.15) is 5.75 Å². The molecule has 1 N–H and O–H groups in total. The molecule has 160 valence electrons. The van der Waals surface area contributed by atoms with Crippen molar-refractivity contribution in [1.29, 1.82) is 0 Å². The summed E-state index contributed by atoms with van der Waals surface area (Å²) in [6.07, 6.45) is 0.194. The first-order chi connectivity index (χ1) is 14.6. The molecular formula is C23H29N3O4. The second kappa shape index (κ2) is 10.6. The van der Waals surface area contributed by atoms with Gasteiger partial charge in [-0.15, -0.1) is 0 Å². The normalized spacial score (nSPS) is 13.6. The quantitative estimate of drug-likeness (QED) is 0.723. The van der Waals surface area contributed by atoms with Crippen molar-refractivity contribution in [3.05, 3.63) is 54.1 Å². The van der Waals surface area contributed by atoms with Crippen molar-refractivity contribution in [2.24, 2.45) is 0 Å². The average Bonchev–Trinajstić information content (AvgIpc) is 2.79. The van der Waals surface area contributed by atoms with Crippen molar-refractivity contribution in [2.45, 2.75) is 13.3 Å². The summed E-state index contributed by atoms with van der Waals surface area (Å²) in [6.45, 7) is 5.52. The molecular weight excluding hydrogens is 382 g/mol. The number of carbonyl (C=O) groups excluding carboxylic acids is 2. The lowest BCUT2D eigenvalue weighted by molar-refractivity contribution is -0.133. The summed E-state index contributed by atoms with van der Waals surface area (Å²) in [5.41, 5.74) is 2.63. The van der Waals surface area contributed by atoms with Crippen molar-refractivity contribution >= 4 is 23.2 Å². The minimum Gasteiger partial charge on any atom is -0.496 e. The number of morpholine rings is 1. The van der Waals surface area contributed by atoms with Gasteiger partial charge in [-0.25, -0.2) is 0 Å². The Morgan fingerprint density at radius 1 is 1.10 bits per heavy atom. The van der Waals surface area contributed by atoms with E-state index in [1.54, 1.807) is 12.0 Å². The first kappa shape index (κ1) is 21.6. The average molecular weight is 412 g/mol. The number of benzene rings is 2. The molecule has 1 saturated heterocycles. The van der Waals surface area contributed by atoms with Crippen LogP contribution in [0.2, 0.25) is 0 Å². The molecule has 0 radical (unpaired) electrons. The van der Waals surface area contributed by atoms with Crippen LogP contribution >= 0.6 is 0 Å². The number of hydrogen-bond acceptors (Lipinski definition) is 5. The molecule has 30 heavy (non-hydrogen) atoms. The van der Waals surface area contributed by atoms with E-state index in [1.807, 2.05) is 55.5 Å². The largest absolute Gasteiger partial charge is 0.496 e. The fourth-order valence-electron chi connectivity index (χ4n) is 3.45. The molecule has 3 rings (SSSR count). The van der Waals surface area contributed by atoms with Crippen LogP contribution in [0.1, 0.15) is 12.5 Å². The summed E-state index contributed by atoms with van der Waals surface area (Å²) in [5, 5.41) is 2.88. The van der Waals surface area contributed by atoms with E-state index in [4.69, 9.17) is 9.47 Å². The van der Waals surface area contributed by atoms with Gasteiger partial charge in [0.05, 0.1) is 33.3 Å². The van der Waals surface area contributed by atoms with Gasteiger partial charge in [-0.3, -0.25) is 9.59 Å². The van der Waals surface area contributed by atoms with Gasteiger partial charge in [0.2, 0.25) is 11.8 Å². The van der Waals surface area contributed by atoms with Crippen molar-refractivity contribution in [1.82, 2.24) is 4.90 Å². The van der Waals surface area contributed by atoms with Crippen molar-refractivity contribution in [2.75, 3.05) is 56.7 Å². The van der Waals surface area contributed by atoms with E-state index in [1.165, 1.54) is 0 Å². The van der Waals surface area contributed by atoms with Crippen LogP contribution in [-0.4, -0.2) is 63.2 Å². The summed E-state index contributed by atoms with van der Waals surface area (Å²) >= 11 is 0. The summed E-state index contributed by atoms with van der Waals surface area (Å²) in [5.74, 6) is 0.343. The number of anilines is 2. The first-order valence-electron chi connectivity index (χ1n) is 10.2. The van der Waals surface area contributed by atoms with Crippen LogP contribution < -0.4 is 15.0 Å². The monoisotopic (exact) mass is 411 g/mol. The number of nitrogens with zero attached hydrogens (tertiary/aromatic N) is 2. The third-order valence-electron chi connectivity index (χ3n) is 5.13. The predicted molar refractivity (Wildman–Crippen MR) is 117 cm³/mol. The van der Waals surface area contributed by atoms with Gasteiger partial charge in [-0.05, 0) is 37.3 Å². The zero-order valence-electron chi connectivity index (χ0n) is 17.6. The fraction of sp³-hybridized carbons (Fsp3) is 0.391. The highest BCUT2D eigenvalue weighted by Gasteiger charge is 2.18. The van der Waals surface area contributed by atoms with E-state index < -0.39 is 0 Å². The number of ether oxygens (including phenoxy) is 2. The maximum absolute atomic E-state index is 12.7. The maximum Gasteiger partial charge on any atom is 0.243 e. The fourth-order valence-corrected chi connectivity index (χ4v) is 3.45. The first-order valence-corrected chi connectivity index (χ1v) is 10.2. The minimum absolute atomic E-state index is 0.00962. The molecule has 0 aromatic heterocycles. The summed E-state index contributed by atoms with van der Waals surface area (Å²) in [4.78, 5) is 29.0. The molecule has 0 unspecified atom stereocenters. The lowest BCUT2D eigenvalue weighted by Crippen LogP contribution is -2.38. The summed E-state index contributed by atoms with van der Waals surface area (Å²) < 4.78 is 10.7. The predicted octanol–water partition coefficient (Wildman–Crippen LogP) is 2.56. The Morgan fingerprint density at radius 3 is 2.47 bits per heavy atom. The molecule has 1 aliphatic heterocycles. The number of para-hydroxylation sites is 1. The van der Waals surface area contributed by atoms with Crippen molar-refractivity contribution in [3.63, 3.8) is 0 Å². The Bertz CT molecular complexity index is 848. The number of hydrogen-bond donors (Lipinski definition) is 1. The molecule has 0 spiro atoms. The van der Waals surface area contributed by atoms with Crippen LogP contribution in [0.4, 0.5) is 11.4 Å². The summed E-state index contributed by atoms with van der Waals surface area (Å²) in [6, 6.07) is 15.2. The molecule has 1 fully saturated rings. The van der Waals surface area contributed by atoms with Gasteiger partial charge < -0.3 is 24.6 Å². The van der Waals surface area contributed by atoms with Crippen molar-refractivity contribution < 1.29 is 19.1 Å². The van der Waals surface area contributed by atoms with E-state index in [-0.39, 0.29) is 24.8 Å². The van der Waals surface area contributed by atoms with Crippen LogP contribution in [0.5, 0.6) is 5.75 Å². The molecule has 7 heteroatoms. The smallest absolute Gasteiger partial charge is 0.243 e. The van der Waals surface area contributed by atoms with Crippen molar-refractivity contribution in [3.8, 4) is 5.75 Å². The molecule has 0 aliphatic carbocycles. The number of nitrogens with one attached hydrogen (secondary N) is 1. The Labute approximate surface area is 177 Å². The standard InChI is InChI=1S/C23H29N3O4/c1-3-25(23(28)16-18-6-4-5-7-21(18)29-2)17-22(27)24-19-8-10-20(11-9-19)26-12-14-30-15-13-26/h4-11H,3,12-17H2,1-2H3,(H,24,27). The molecule has 0 atom stereocenters. The molecule has 2 aromatic carbocycles. The van der Waals surface area contributed by atoms with Crippen LogP contribution in [-0.2, 0) is 20.7 Å². The highest BCUT2D eigenvalue weighted by atomic mass is 16.5. The number of rotatable bonds is 8. The van der Waals surface area contributed by atoms with Gasteiger partial charge in [0.15, 0.2) is 0 Å². The van der Waals surface area contributed by atoms with Gasteiger partial charge in [-0.1, -0.05) is 18.2 Å². The third-order valence-corrected chi connectivity index (χ3v) is 5.13. The van der Waals surface area contributed by atoms with E-state index in [0.29, 0.717) is 18.0 Å². The van der Waals surface area contributed by atoms with Crippen LogP contribution in [0.25, 0.3) is 0 Å². The molecule has 0 saturated carbocycles. The van der Waals surface area contributed by atoms with E-state index >= 15 is 0 Å². The lowest BCUT2D eigenvalue weighted by atomic mass is 10.1. The van der Waals surface area contributed by atoms with E-state index in [2.05, 4.69) is 10.2 Å². The third kappa shape index (κ3) is 5.73. The van der Waals surface area contributed by atoms with Gasteiger partial charge in [0.25, 0.3) is 0 Å². The van der Waals surface area contributed by atoms with Crippen LogP contribution in [0.15, 0.2) is 48.5 Å². The Morgan fingerprint density at radius 2 is 1.80 bits per heavy atom. The summed E-state index contributed by atoms with van der Waals surface area (Å²) in [7, 11) is 1.58. The SMILES string of the molecule is CCN(CC(=O)Nc1ccc(N2CCOCC2)cc1)C(=O)Cc1ccccc1OC. The highest BCUT2D eigenvalue weighted by molar-refractivity contribution is 5.95. The zero-order chi connectivity index (χ0) is 21.3. The number of amides is 2. The van der Waals surface area contributed by atoms with Gasteiger partial charge in [0, 0.05) is 36.6 Å². The Balaban J connectivity index is 1.55. The van der Waals surface area contributed by atoms with Gasteiger partial charge in [-0.2, -0.15) is 0 Å². The Hall–Kier alpha value is -3.06. The second-order valence-corrected chi connectivity index (χ2v) is 7.09. The topological polar surface area (TPSA) is 71.1 Å². The van der Waals surface area contributed by atoms with E-state index in [0.717, 1.165) is 37.6 Å². The maximum atomic E-state index is 12.7. The molecule has 0 bridgehead atoms. The lowest BCUT2D eigenvalue weighted by Gasteiger charge is -2.29. The van der Waals surface area contributed by atoms with Gasteiger partial charge >= 0.3 is 0 Å².